The largest absolute Gasteiger partial charge is 0.479 e. The number of amides is 1. The second-order valence-electron chi connectivity index (χ2n) is 3.25. The molecule has 1 aromatic rings. The van der Waals surface area contributed by atoms with Crippen LogP contribution < -0.4 is 5.32 Å². The van der Waals surface area contributed by atoms with Gasteiger partial charge in [0.05, 0.1) is 18.2 Å². The summed E-state index contributed by atoms with van der Waals surface area (Å²) in [6.45, 7) is -0.367. The number of nitrogens with zero attached hydrogens (tertiary/aromatic N) is 1. The first-order valence-corrected chi connectivity index (χ1v) is 4.74. The first-order chi connectivity index (χ1) is 8.04. The minimum atomic E-state index is -1.63. The van der Waals surface area contributed by atoms with Crippen molar-refractivity contribution in [1.29, 1.82) is 5.26 Å². The molecule has 0 radical (unpaired) electrons. The quantitative estimate of drug-likeness (QED) is 0.664. The lowest BCUT2D eigenvalue weighted by Crippen LogP contribution is -2.36. The Morgan fingerprint density at radius 3 is 2.41 bits per heavy atom. The van der Waals surface area contributed by atoms with Gasteiger partial charge in [-0.1, -0.05) is 0 Å². The number of carbonyl (C=O) groups is 2. The first-order valence-electron chi connectivity index (χ1n) is 4.74. The molecular weight excluding hydrogens is 224 g/mol. The van der Waals surface area contributed by atoms with Crippen molar-refractivity contribution in [2.45, 2.75) is 6.10 Å². The van der Waals surface area contributed by atoms with Crippen LogP contribution in [0, 0.1) is 11.3 Å². The zero-order valence-electron chi connectivity index (χ0n) is 8.75. The average Bonchev–Trinajstić information content (AvgIpc) is 2.35. The summed E-state index contributed by atoms with van der Waals surface area (Å²) in [6.07, 6.45) is -1.63. The van der Waals surface area contributed by atoms with E-state index >= 15 is 0 Å². The highest BCUT2D eigenvalue weighted by molar-refractivity contribution is 5.94. The molecule has 0 saturated heterocycles. The van der Waals surface area contributed by atoms with Crippen LogP contribution in [-0.2, 0) is 4.79 Å². The third-order valence-corrected chi connectivity index (χ3v) is 2.02. The van der Waals surface area contributed by atoms with E-state index in [1.54, 1.807) is 0 Å². The molecule has 1 unspecified atom stereocenters. The van der Waals surface area contributed by atoms with Gasteiger partial charge >= 0.3 is 5.97 Å². The zero-order valence-corrected chi connectivity index (χ0v) is 8.75. The van der Waals surface area contributed by atoms with Gasteiger partial charge in [0.15, 0.2) is 6.10 Å². The number of carbonyl (C=O) groups excluding carboxylic acids is 1. The molecule has 0 aliphatic heterocycles. The summed E-state index contributed by atoms with van der Waals surface area (Å²) in [5, 5.41) is 28.2. The zero-order chi connectivity index (χ0) is 12.8. The summed E-state index contributed by atoms with van der Waals surface area (Å²) in [5.41, 5.74) is 0.716. The van der Waals surface area contributed by atoms with Gasteiger partial charge in [-0.3, -0.25) is 4.79 Å². The van der Waals surface area contributed by atoms with Crippen molar-refractivity contribution in [2.24, 2.45) is 0 Å². The lowest BCUT2D eigenvalue weighted by molar-refractivity contribution is -0.146. The Kier molecular flexibility index (Phi) is 4.20. The Morgan fingerprint density at radius 1 is 1.35 bits per heavy atom. The van der Waals surface area contributed by atoms with Crippen molar-refractivity contribution in [3.05, 3.63) is 35.4 Å². The highest BCUT2D eigenvalue weighted by Crippen LogP contribution is 2.02. The minimum Gasteiger partial charge on any atom is -0.479 e. The number of nitriles is 1. The maximum atomic E-state index is 11.5. The van der Waals surface area contributed by atoms with E-state index in [-0.39, 0.29) is 6.54 Å². The number of aliphatic carboxylic acids is 1. The number of aliphatic hydroxyl groups is 1. The third-order valence-electron chi connectivity index (χ3n) is 2.02. The van der Waals surface area contributed by atoms with Crippen LogP contribution in [0.4, 0.5) is 0 Å². The highest BCUT2D eigenvalue weighted by Gasteiger charge is 2.14. The first kappa shape index (κ1) is 12.7. The molecule has 6 heteroatoms. The van der Waals surface area contributed by atoms with Crippen molar-refractivity contribution in [2.75, 3.05) is 6.54 Å². The fourth-order valence-electron chi connectivity index (χ4n) is 1.07. The molecule has 1 aromatic carbocycles. The number of rotatable bonds is 4. The number of carboxylic acid groups (broad SMARTS) is 1. The van der Waals surface area contributed by atoms with E-state index in [0.29, 0.717) is 11.1 Å². The summed E-state index contributed by atoms with van der Waals surface area (Å²) in [5.74, 6) is -1.90. The van der Waals surface area contributed by atoms with Gasteiger partial charge in [-0.25, -0.2) is 4.79 Å². The van der Waals surface area contributed by atoms with E-state index in [2.05, 4.69) is 5.32 Å². The average molecular weight is 234 g/mol. The van der Waals surface area contributed by atoms with Crippen molar-refractivity contribution < 1.29 is 19.8 Å². The Hall–Kier alpha value is -2.39. The normalized spacial score (nSPS) is 11.3. The van der Waals surface area contributed by atoms with Gasteiger partial charge in [0.2, 0.25) is 0 Å². The molecule has 0 bridgehead atoms. The predicted molar refractivity (Wildman–Crippen MR) is 57.1 cm³/mol. The summed E-state index contributed by atoms with van der Waals surface area (Å²) >= 11 is 0. The van der Waals surface area contributed by atoms with Crippen LogP contribution in [-0.4, -0.2) is 34.7 Å². The maximum Gasteiger partial charge on any atom is 0.334 e. The van der Waals surface area contributed by atoms with Crippen molar-refractivity contribution in [3.63, 3.8) is 0 Å². The lowest BCUT2D eigenvalue weighted by atomic mass is 10.1. The number of hydrogen-bond acceptors (Lipinski definition) is 4. The van der Waals surface area contributed by atoms with E-state index in [4.69, 9.17) is 15.5 Å². The second-order valence-corrected chi connectivity index (χ2v) is 3.25. The van der Waals surface area contributed by atoms with E-state index in [1.807, 2.05) is 6.07 Å². The molecule has 1 atom stereocenters. The molecule has 0 aliphatic rings. The van der Waals surface area contributed by atoms with Crippen LogP contribution in [0.15, 0.2) is 24.3 Å². The Labute approximate surface area is 97.1 Å². The molecular formula is C11H10N2O4. The molecule has 88 valence electrons. The number of aliphatic hydroxyl groups excluding tert-OH is 1. The third kappa shape index (κ3) is 3.59. The van der Waals surface area contributed by atoms with Gasteiger partial charge in [0, 0.05) is 5.56 Å². The van der Waals surface area contributed by atoms with Gasteiger partial charge in [-0.2, -0.15) is 5.26 Å². The molecule has 17 heavy (non-hydrogen) atoms. The number of carboxylic acids is 1. The molecule has 6 nitrogen and oxygen atoms in total. The number of benzene rings is 1. The van der Waals surface area contributed by atoms with Crippen LogP contribution in [0.1, 0.15) is 15.9 Å². The summed E-state index contributed by atoms with van der Waals surface area (Å²) in [6, 6.07) is 7.75. The van der Waals surface area contributed by atoms with Gasteiger partial charge in [-0.15, -0.1) is 0 Å². The molecule has 0 saturated carbocycles. The van der Waals surface area contributed by atoms with Crippen molar-refractivity contribution >= 4 is 11.9 Å². The standard InChI is InChI=1S/C11H10N2O4/c12-5-7-1-3-8(4-2-7)10(15)13-6-9(14)11(16)17/h1-4,9,14H,6H2,(H,13,15)(H,16,17). The monoisotopic (exact) mass is 234 g/mol. The molecule has 0 fully saturated rings. The minimum absolute atomic E-state index is 0.293. The molecule has 0 aliphatic carbocycles. The van der Waals surface area contributed by atoms with Crippen molar-refractivity contribution in [3.8, 4) is 6.07 Å². The van der Waals surface area contributed by atoms with Crippen LogP contribution in [0.25, 0.3) is 0 Å². The summed E-state index contributed by atoms with van der Waals surface area (Å²) in [4.78, 5) is 21.8. The SMILES string of the molecule is N#Cc1ccc(C(=O)NCC(O)C(=O)O)cc1. The molecule has 0 spiro atoms. The topological polar surface area (TPSA) is 110 Å². The lowest BCUT2D eigenvalue weighted by Gasteiger charge is -2.07. The molecule has 0 aromatic heterocycles. The summed E-state index contributed by atoms with van der Waals surface area (Å²) < 4.78 is 0. The van der Waals surface area contributed by atoms with Gasteiger partial charge in [0.25, 0.3) is 5.91 Å². The maximum absolute atomic E-state index is 11.5. The predicted octanol–water partition coefficient (Wildman–Crippen LogP) is -0.266. The fourth-order valence-corrected chi connectivity index (χ4v) is 1.07. The van der Waals surface area contributed by atoms with Crippen LogP contribution in [0.3, 0.4) is 0 Å². The molecule has 1 rings (SSSR count). The van der Waals surface area contributed by atoms with Gasteiger partial charge in [0.1, 0.15) is 0 Å². The molecule has 1 amide bonds. The summed E-state index contributed by atoms with van der Waals surface area (Å²) in [7, 11) is 0. The Morgan fingerprint density at radius 2 is 1.94 bits per heavy atom. The van der Waals surface area contributed by atoms with Crippen LogP contribution >= 0.6 is 0 Å². The molecule has 3 N–H and O–H groups in total. The smallest absolute Gasteiger partial charge is 0.334 e. The van der Waals surface area contributed by atoms with E-state index in [9.17, 15) is 9.59 Å². The highest BCUT2D eigenvalue weighted by atomic mass is 16.4. The van der Waals surface area contributed by atoms with E-state index in [0.717, 1.165) is 0 Å². The van der Waals surface area contributed by atoms with Gasteiger partial charge < -0.3 is 15.5 Å². The van der Waals surface area contributed by atoms with Gasteiger partial charge in [-0.05, 0) is 24.3 Å². The van der Waals surface area contributed by atoms with Crippen molar-refractivity contribution in [1.82, 2.24) is 5.32 Å². The molecule has 0 heterocycles. The number of hydrogen-bond donors (Lipinski definition) is 3. The van der Waals surface area contributed by atoms with Crippen LogP contribution in [0.5, 0.6) is 0 Å². The van der Waals surface area contributed by atoms with E-state index < -0.39 is 18.0 Å². The number of nitrogens with one attached hydrogen (secondary N) is 1. The second kappa shape index (κ2) is 5.63. The van der Waals surface area contributed by atoms with Crippen LogP contribution in [0.2, 0.25) is 0 Å². The fraction of sp³-hybridized carbons (Fsp3) is 0.182. The van der Waals surface area contributed by atoms with E-state index in [1.165, 1.54) is 24.3 Å². The Bertz CT molecular complexity index is 461. The Balaban J connectivity index is 2.58.